The summed E-state index contributed by atoms with van der Waals surface area (Å²) in [7, 11) is 1.84. The lowest BCUT2D eigenvalue weighted by Crippen LogP contribution is -2.45. The molecular weight excluding hydrogens is 270 g/mol. The maximum atomic E-state index is 12.4. The zero-order valence-corrected chi connectivity index (χ0v) is 12.5. The lowest BCUT2D eigenvalue weighted by Gasteiger charge is -2.38. The Morgan fingerprint density at radius 2 is 1.90 bits per heavy atom. The van der Waals surface area contributed by atoms with Crippen LogP contribution >= 0.6 is 0 Å². The van der Waals surface area contributed by atoms with E-state index >= 15 is 0 Å². The van der Waals surface area contributed by atoms with E-state index in [1.807, 2.05) is 14.0 Å². The number of aromatic nitrogens is 2. The zero-order chi connectivity index (χ0) is 14.9. The number of hydrogen-bond donors (Lipinski definition) is 0. The Hall–Kier alpha value is -1.53. The SMILES string of the molecule is Cc1cnc(C(=O)N(C)C2CCC3(CC2)OCCO3)cn1. The van der Waals surface area contributed by atoms with Gasteiger partial charge in [0, 0.05) is 32.1 Å². The molecule has 0 atom stereocenters. The van der Waals surface area contributed by atoms with Crippen molar-refractivity contribution in [3.05, 3.63) is 23.8 Å². The number of rotatable bonds is 2. The molecule has 2 aliphatic rings. The van der Waals surface area contributed by atoms with Crippen LogP contribution in [0.3, 0.4) is 0 Å². The number of amides is 1. The third kappa shape index (κ3) is 2.91. The van der Waals surface area contributed by atoms with E-state index in [0.29, 0.717) is 18.9 Å². The Bertz CT molecular complexity index is 501. The van der Waals surface area contributed by atoms with Crippen LogP contribution in [0.25, 0.3) is 0 Å². The minimum absolute atomic E-state index is 0.0725. The Labute approximate surface area is 124 Å². The van der Waals surface area contributed by atoms with Gasteiger partial charge in [-0.2, -0.15) is 0 Å². The van der Waals surface area contributed by atoms with Gasteiger partial charge in [-0.25, -0.2) is 4.98 Å². The van der Waals surface area contributed by atoms with Gasteiger partial charge in [-0.05, 0) is 19.8 Å². The summed E-state index contributed by atoms with van der Waals surface area (Å²) in [5.41, 5.74) is 1.21. The third-order valence-electron chi connectivity index (χ3n) is 4.40. The molecule has 6 heteroatoms. The van der Waals surface area contributed by atoms with Crippen molar-refractivity contribution in [2.75, 3.05) is 20.3 Å². The van der Waals surface area contributed by atoms with Crippen molar-refractivity contribution in [1.29, 1.82) is 0 Å². The van der Waals surface area contributed by atoms with Crippen LogP contribution in [0, 0.1) is 6.92 Å². The first-order valence-corrected chi connectivity index (χ1v) is 7.43. The number of nitrogens with zero attached hydrogens (tertiary/aromatic N) is 3. The molecule has 2 heterocycles. The number of carbonyl (C=O) groups is 1. The van der Waals surface area contributed by atoms with Crippen LogP contribution in [-0.4, -0.2) is 52.9 Å². The van der Waals surface area contributed by atoms with Crippen molar-refractivity contribution >= 4 is 5.91 Å². The van der Waals surface area contributed by atoms with E-state index in [-0.39, 0.29) is 17.7 Å². The fourth-order valence-electron chi connectivity index (χ4n) is 3.06. The molecule has 1 saturated carbocycles. The summed E-state index contributed by atoms with van der Waals surface area (Å²) in [4.78, 5) is 22.5. The van der Waals surface area contributed by atoms with Crippen LogP contribution < -0.4 is 0 Å². The quantitative estimate of drug-likeness (QED) is 0.827. The van der Waals surface area contributed by atoms with E-state index in [4.69, 9.17) is 9.47 Å². The molecule has 1 aromatic rings. The van der Waals surface area contributed by atoms with E-state index in [9.17, 15) is 4.79 Å². The van der Waals surface area contributed by atoms with Crippen LogP contribution in [0.4, 0.5) is 0 Å². The monoisotopic (exact) mass is 291 g/mol. The average molecular weight is 291 g/mol. The highest BCUT2D eigenvalue weighted by molar-refractivity contribution is 5.92. The normalized spacial score (nSPS) is 21.6. The molecule has 21 heavy (non-hydrogen) atoms. The van der Waals surface area contributed by atoms with Crippen molar-refractivity contribution in [2.45, 2.75) is 44.4 Å². The molecule has 1 aromatic heterocycles. The highest BCUT2D eigenvalue weighted by Gasteiger charge is 2.41. The molecule has 0 unspecified atom stereocenters. The van der Waals surface area contributed by atoms with Crippen LogP contribution in [0.15, 0.2) is 12.4 Å². The molecule has 6 nitrogen and oxygen atoms in total. The van der Waals surface area contributed by atoms with Crippen molar-refractivity contribution < 1.29 is 14.3 Å². The third-order valence-corrected chi connectivity index (χ3v) is 4.40. The predicted octanol–water partition coefficient (Wildman–Crippen LogP) is 1.54. The minimum Gasteiger partial charge on any atom is -0.348 e. The molecule has 1 saturated heterocycles. The van der Waals surface area contributed by atoms with Crippen molar-refractivity contribution in [2.24, 2.45) is 0 Å². The summed E-state index contributed by atoms with van der Waals surface area (Å²) in [6, 6.07) is 0.207. The Morgan fingerprint density at radius 1 is 1.24 bits per heavy atom. The maximum absolute atomic E-state index is 12.4. The molecule has 1 aliphatic carbocycles. The molecule has 1 amide bonds. The lowest BCUT2D eigenvalue weighted by atomic mass is 9.89. The first-order chi connectivity index (χ1) is 10.1. The summed E-state index contributed by atoms with van der Waals surface area (Å²) in [5.74, 6) is -0.457. The fraction of sp³-hybridized carbons (Fsp3) is 0.667. The van der Waals surface area contributed by atoms with E-state index in [1.165, 1.54) is 0 Å². The minimum atomic E-state index is -0.385. The molecule has 0 bridgehead atoms. The predicted molar refractivity (Wildman–Crippen MR) is 75.8 cm³/mol. The van der Waals surface area contributed by atoms with Crippen LogP contribution in [0.5, 0.6) is 0 Å². The summed E-state index contributed by atoms with van der Waals surface area (Å²) >= 11 is 0. The topological polar surface area (TPSA) is 64.6 Å². The van der Waals surface area contributed by atoms with Crippen molar-refractivity contribution in [3.8, 4) is 0 Å². The lowest BCUT2D eigenvalue weighted by molar-refractivity contribution is -0.182. The summed E-state index contributed by atoms with van der Waals surface area (Å²) in [5, 5.41) is 0. The van der Waals surface area contributed by atoms with Crippen LogP contribution in [0.2, 0.25) is 0 Å². The smallest absolute Gasteiger partial charge is 0.274 e. The standard InChI is InChI=1S/C15H21N3O3/c1-11-9-17-13(10-16-11)14(19)18(2)12-3-5-15(6-4-12)20-7-8-21-15/h9-10,12H,3-8H2,1-2H3. The van der Waals surface area contributed by atoms with Crippen molar-refractivity contribution in [1.82, 2.24) is 14.9 Å². The molecule has 2 fully saturated rings. The Balaban J connectivity index is 1.62. The average Bonchev–Trinajstić information content (AvgIpc) is 2.96. The molecule has 1 spiro atoms. The summed E-state index contributed by atoms with van der Waals surface area (Å²) < 4.78 is 11.4. The maximum Gasteiger partial charge on any atom is 0.274 e. The van der Waals surface area contributed by atoms with Gasteiger partial charge in [-0.1, -0.05) is 0 Å². The van der Waals surface area contributed by atoms with Gasteiger partial charge in [-0.15, -0.1) is 0 Å². The van der Waals surface area contributed by atoms with Crippen molar-refractivity contribution in [3.63, 3.8) is 0 Å². The van der Waals surface area contributed by atoms with E-state index in [1.54, 1.807) is 17.3 Å². The van der Waals surface area contributed by atoms with E-state index in [0.717, 1.165) is 31.4 Å². The van der Waals surface area contributed by atoms with E-state index in [2.05, 4.69) is 9.97 Å². The first kappa shape index (κ1) is 14.4. The first-order valence-electron chi connectivity index (χ1n) is 7.43. The van der Waals surface area contributed by atoms with Crippen LogP contribution in [0.1, 0.15) is 41.9 Å². The van der Waals surface area contributed by atoms with Gasteiger partial charge in [0.05, 0.1) is 25.1 Å². The molecule has 0 aromatic carbocycles. The van der Waals surface area contributed by atoms with Crippen LogP contribution in [-0.2, 0) is 9.47 Å². The Kier molecular flexibility index (Phi) is 3.91. The molecule has 0 N–H and O–H groups in total. The second kappa shape index (κ2) is 5.69. The van der Waals surface area contributed by atoms with Gasteiger partial charge >= 0.3 is 0 Å². The zero-order valence-electron chi connectivity index (χ0n) is 12.5. The van der Waals surface area contributed by atoms with Gasteiger partial charge in [0.1, 0.15) is 5.69 Å². The number of hydrogen-bond acceptors (Lipinski definition) is 5. The van der Waals surface area contributed by atoms with Gasteiger partial charge in [0.25, 0.3) is 5.91 Å². The Morgan fingerprint density at radius 3 is 2.48 bits per heavy atom. The molecule has 3 rings (SSSR count). The molecular formula is C15H21N3O3. The molecule has 114 valence electrons. The fourth-order valence-corrected chi connectivity index (χ4v) is 3.06. The molecule has 1 aliphatic heterocycles. The van der Waals surface area contributed by atoms with E-state index < -0.39 is 0 Å². The highest BCUT2D eigenvalue weighted by atomic mass is 16.7. The van der Waals surface area contributed by atoms with Gasteiger partial charge in [-0.3, -0.25) is 9.78 Å². The number of carbonyl (C=O) groups excluding carboxylic acids is 1. The number of aryl methyl sites for hydroxylation is 1. The highest BCUT2D eigenvalue weighted by Crippen LogP contribution is 2.37. The molecule has 0 radical (unpaired) electrons. The second-order valence-electron chi connectivity index (χ2n) is 5.80. The summed E-state index contributed by atoms with van der Waals surface area (Å²) in [6.45, 7) is 3.21. The second-order valence-corrected chi connectivity index (χ2v) is 5.80. The van der Waals surface area contributed by atoms with Gasteiger partial charge in [0.2, 0.25) is 0 Å². The van der Waals surface area contributed by atoms with Gasteiger partial charge < -0.3 is 14.4 Å². The van der Waals surface area contributed by atoms with Gasteiger partial charge in [0.15, 0.2) is 5.79 Å². The summed E-state index contributed by atoms with van der Waals surface area (Å²) in [6.07, 6.45) is 6.63. The largest absolute Gasteiger partial charge is 0.348 e. The number of ether oxygens (including phenoxy) is 2.